The first-order valence-electron chi connectivity index (χ1n) is 5.96. The number of aromatic nitrogens is 2. The van der Waals surface area contributed by atoms with Crippen LogP contribution in [0.1, 0.15) is 24.0 Å². The zero-order chi connectivity index (χ0) is 12.8. The molecule has 3 nitrogen and oxygen atoms in total. The molecule has 1 fully saturated rings. The van der Waals surface area contributed by atoms with Gasteiger partial charge in [-0.3, -0.25) is 4.79 Å². The van der Waals surface area contributed by atoms with Gasteiger partial charge in [0, 0.05) is 5.56 Å². The van der Waals surface area contributed by atoms with Gasteiger partial charge < -0.3 is 0 Å². The molecule has 92 valence electrons. The highest BCUT2D eigenvalue weighted by Crippen LogP contribution is 2.47. The van der Waals surface area contributed by atoms with E-state index in [1.165, 1.54) is 5.56 Å². The summed E-state index contributed by atoms with van der Waals surface area (Å²) in [6, 6.07) is 12.0. The lowest BCUT2D eigenvalue weighted by atomic mass is 10.1. The number of rotatable bonds is 2. The van der Waals surface area contributed by atoms with Crippen LogP contribution in [0.15, 0.2) is 41.2 Å². The van der Waals surface area contributed by atoms with Crippen molar-refractivity contribution >= 4 is 22.6 Å². The summed E-state index contributed by atoms with van der Waals surface area (Å²) in [6.45, 7) is 1.85. The topological polar surface area (TPSA) is 34.9 Å². The van der Waals surface area contributed by atoms with Gasteiger partial charge in [0.25, 0.3) is 5.56 Å². The number of halogens is 1. The molecule has 4 heteroatoms. The fourth-order valence-electron chi connectivity index (χ4n) is 2.36. The van der Waals surface area contributed by atoms with Crippen LogP contribution in [0.5, 0.6) is 0 Å². The number of aryl methyl sites for hydroxylation is 1. The van der Waals surface area contributed by atoms with Crippen LogP contribution in [-0.4, -0.2) is 9.78 Å². The molecule has 0 aliphatic heterocycles. The average Bonchev–Trinajstić information content (AvgIpc) is 3.16. The lowest BCUT2D eigenvalue weighted by Gasteiger charge is -2.18. The first-order valence-corrected chi connectivity index (χ1v) is 7.04. The highest BCUT2D eigenvalue weighted by atomic mass is 127. The molecular formula is C14H13IN2O. The molecule has 1 aliphatic carbocycles. The van der Waals surface area contributed by atoms with E-state index in [1.807, 2.05) is 31.2 Å². The van der Waals surface area contributed by atoms with Crippen molar-refractivity contribution in [3.63, 3.8) is 0 Å². The van der Waals surface area contributed by atoms with Gasteiger partial charge in [0.15, 0.2) is 0 Å². The van der Waals surface area contributed by atoms with Gasteiger partial charge in [0.1, 0.15) is 3.70 Å². The minimum Gasteiger partial charge on any atom is -0.267 e. The van der Waals surface area contributed by atoms with Crippen LogP contribution in [0.3, 0.4) is 0 Å². The molecule has 3 rings (SSSR count). The largest absolute Gasteiger partial charge is 0.270 e. The predicted molar refractivity (Wildman–Crippen MR) is 78.7 cm³/mol. The van der Waals surface area contributed by atoms with Crippen molar-refractivity contribution in [3.05, 3.63) is 61.6 Å². The normalized spacial score (nSPS) is 16.6. The molecule has 0 radical (unpaired) electrons. The summed E-state index contributed by atoms with van der Waals surface area (Å²) in [5.41, 5.74) is 1.76. The third-order valence-corrected chi connectivity index (χ3v) is 4.03. The van der Waals surface area contributed by atoms with Crippen molar-refractivity contribution in [1.29, 1.82) is 0 Å². The lowest BCUT2D eigenvalue weighted by molar-refractivity contribution is 0.472. The summed E-state index contributed by atoms with van der Waals surface area (Å²) in [5.74, 6) is 0. The van der Waals surface area contributed by atoms with E-state index in [2.05, 4.69) is 39.8 Å². The zero-order valence-electron chi connectivity index (χ0n) is 10.1. The maximum absolute atomic E-state index is 12.3. The van der Waals surface area contributed by atoms with Crippen molar-refractivity contribution in [2.45, 2.75) is 25.3 Å². The Morgan fingerprint density at radius 2 is 1.94 bits per heavy atom. The highest BCUT2D eigenvalue weighted by Gasteiger charge is 2.48. The first kappa shape index (κ1) is 11.9. The van der Waals surface area contributed by atoms with E-state index in [-0.39, 0.29) is 11.1 Å². The highest BCUT2D eigenvalue weighted by molar-refractivity contribution is 14.1. The lowest BCUT2D eigenvalue weighted by Crippen LogP contribution is -2.35. The van der Waals surface area contributed by atoms with E-state index in [9.17, 15) is 4.79 Å². The summed E-state index contributed by atoms with van der Waals surface area (Å²) in [5, 5.41) is 4.43. The quantitative estimate of drug-likeness (QED) is 0.779. The molecule has 0 spiro atoms. The van der Waals surface area contributed by atoms with Crippen LogP contribution in [0, 0.1) is 10.6 Å². The van der Waals surface area contributed by atoms with Crippen molar-refractivity contribution in [2.75, 3.05) is 0 Å². The fraction of sp³-hybridized carbons (Fsp3) is 0.286. The van der Waals surface area contributed by atoms with Gasteiger partial charge in [-0.05, 0) is 54.0 Å². The van der Waals surface area contributed by atoms with Crippen LogP contribution in [0.2, 0.25) is 0 Å². The Morgan fingerprint density at radius 3 is 2.56 bits per heavy atom. The van der Waals surface area contributed by atoms with E-state index in [1.54, 1.807) is 4.68 Å². The third-order valence-electron chi connectivity index (χ3n) is 3.50. The molecule has 1 heterocycles. The first-order chi connectivity index (χ1) is 8.63. The molecule has 0 saturated heterocycles. The zero-order valence-corrected chi connectivity index (χ0v) is 12.2. The Hall–Kier alpha value is -1.17. The second-order valence-corrected chi connectivity index (χ2v) is 5.87. The van der Waals surface area contributed by atoms with Crippen LogP contribution in [0.25, 0.3) is 0 Å². The van der Waals surface area contributed by atoms with E-state index in [0.29, 0.717) is 0 Å². The summed E-state index contributed by atoms with van der Waals surface area (Å²) in [4.78, 5) is 12.3. The molecule has 1 saturated carbocycles. The standard InChI is InChI=1S/C14H13IN2O/c1-10-9-12(15)16-17(13(10)18)14(7-8-14)11-5-3-2-4-6-11/h2-6,9H,7-8H2,1H3. The number of hydrogen-bond acceptors (Lipinski definition) is 2. The van der Waals surface area contributed by atoms with Crippen molar-refractivity contribution in [1.82, 2.24) is 9.78 Å². The van der Waals surface area contributed by atoms with Crippen molar-refractivity contribution < 1.29 is 0 Å². The minimum atomic E-state index is -0.204. The maximum atomic E-state index is 12.3. The predicted octanol–water partition coefficient (Wildman–Crippen LogP) is 2.69. The van der Waals surface area contributed by atoms with Crippen molar-refractivity contribution in [3.8, 4) is 0 Å². The summed E-state index contributed by atoms with van der Waals surface area (Å²) < 4.78 is 2.55. The number of nitrogens with zero attached hydrogens (tertiary/aromatic N) is 2. The van der Waals surface area contributed by atoms with E-state index in [4.69, 9.17) is 0 Å². The third kappa shape index (κ3) is 1.79. The Bertz CT molecular complexity index is 645. The molecule has 1 aromatic heterocycles. The molecule has 0 unspecified atom stereocenters. The molecule has 1 aliphatic rings. The second-order valence-electron chi connectivity index (χ2n) is 4.76. The minimum absolute atomic E-state index is 0.0248. The van der Waals surface area contributed by atoms with Crippen LogP contribution in [0.4, 0.5) is 0 Å². The average molecular weight is 352 g/mol. The smallest absolute Gasteiger partial charge is 0.267 e. The van der Waals surface area contributed by atoms with E-state index < -0.39 is 0 Å². The molecular weight excluding hydrogens is 339 g/mol. The Kier molecular flexibility index (Phi) is 2.77. The fourth-order valence-corrected chi connectivity index (χ4v) is 3.04. The monoisotopic (exact) mass is 352 g/mol. The number of hydrogen-bond donors (Lipinski definition) is 0. The van der Waals surface area contributed by atoms with Gasteiger partial charge >= 0.3 is 0 Å². The van der Waals surface area contributed by atoms with Crippen LogP contribution >= 0.6 is 22.6 Å². The van der Waals surface area contributed by atoms with Crippen molar-refractivity contribution in [2.24, 2.45) is 0 Å². The molecule has 18 heavy (non-hydrogen) atoms. The molecule has 0 atom stereocenters. The van der Waals surface area contributed by atoms with Gasteiger partial charge in [-0.1, -0.05) is 30.3 Å². The number of benzene rings is 1. The van der Waals surface area contributed by atoms with Gasteiger partial charge in [0.05, 0.1) is 5.54 Å². The Labute approximate surface area is 119 Å². The van der Waals surface area contributed by atoms with Gasteiger partial charge in [-0.15, -0.1) is 0 Å². The molecule has 0 N–H and O–H groups in total. The van der Waals surface area contributed by atoms with Gasteiger partial charge in [-0.25, -0.2) is 4.68 Å². The van der Waals surface area contributed by atoms with E-state index >= 15 is 0 Å². The second kappa shape index (κ2) is 4.19. The summed E-state index contributed by atoms with van der Waals surface area (Å²) >= 11 is 2.16. The Morgan fingerprint density at radius 1 is 1.28 bits per heavy atom. The Balaban J connectivity index is 2.19. The molecule has 2 aromatic rings. The van der Waals surface area contributed by atoms with Gasteiger partial charge in [-0.2, -0.15) is 5.10 Å². The maximum Gasteiger partial charge on any atom is 0.270 e. The SMILES string of the molecule is Cc1cc(I)nn(C2(c3ccccc3)CC2)c1=O. The van der Waals surface area contributed by atoms with Gasteiger partial charge in [0.2, 0.25) is 0 Å². The van der Waals surface area contributed by atoms with Crippen LogP contribution in [-0.2, 0) is 5.54 Å². The molecule has 0 bridgehead atoms. The molecule has 1 aromatic carbocycles. The van der Waals surface area contributed by atoms with Crippen LogP contribution < -0.4 is 5.56 Å². The summed E-state index contributed by atoms with van der Waals surface area (Å²) in [7, 11) is 0. The molecule has 0 amide bonds. The van der Waals surface area contributed by atoms with E-state index in [0.717, 1.165) is 22.1 Å². The summed E-state index contributed by atoms with van der Waals surface area (Å²) in [6.07, 6.45) is 1.98.